The van der Waals surface area contributed by atoms with E-state index in [4.69, 9.17) is 6.42 Å². The minimum absolute atomic E-state index is 0.242. The second-order valence-electron chi connectivity index (χ2n) is 1.96. The number of carbonyl (C=O) groups is 1. The number of benzene rings is 1. The zero-order valence-corrected chi connectivity index (χ0v) is 5.87. The molecule has 0 saturated carbocycles. The van der Waals surface area contributed by atoms with Crippen LogP contribution in [0.15, 0.2) is 30.3 Å². The SMILES string of the molecule is C#CNC(=O)c1ccccc1. The number of hydrogen-bond acceptors (Lipinski definition) is 1. The smallest absolute Gasteiger partial charge is 0.262 e. The molecule has 11 heavy (non-hydrogen) atoms. The van der Waals surface area contributed by atoms with Gasteiger partial charge in [-0.3, -0.25) is 10.1 Å². The molecule has 0 aliphatic carbocycles. The maximum atomic E-state index is 11.0. The molecule has 2 heteroatoms. The summed E-state index contributed by atoms with van der Waals surface area (Å²) in [5.41, 5.74) is 0.574. The van der Waals surface area contributed by atoms with Gasteiger partial charge in [-0.05, 0) is 12.1 Å². The molecule has 0 fully saturated rings. The molecular weight excluding hydrogens is 138 g/mol. The Kier molecular flexibility index (Phi) is 2.29. The predicted octanol–water partition coefficient (Wildman–Crippen LogP) is 1.01. The Balaban J connectivity index is 2.79. The van der Waals surface area contributed by atoms with Crippen LogP contribution in [0.5, 0.6) is 0 Å². The van der Waals surface area contributed by atoms with E-state index < -0.39 is 0 Å². The van der Waals surface area contributed by atoms with Crippen LogP contribution in [0.2, 0.25) is 0 Å². The molecule has 54 valence electrons. The lowest BCUT2D eigenvalue weighted by Gasteiger charge is -1.95. The summed E-state index contributed by atoms with van der Waals surface area (Å²) in [6.07, 6.45) is 4.88. The number of rotatable bonds is 1. The van der Waals surface area contributed by atoms with Gasteiger partial charge in [-0.15, -0.1) is 0 Å². The van der Waals surface area contributed by atoms with E-state index in [9.17, 15) is 4.79 Å². The van der Waals surface area contributed by atoms with Crippen molar-refractivity contribution < 1.29 is 4.79 Å². The van der Waals surface area contributed by atoms with Crippen molar-refractivity contribution in [1.29, 1.82) is 0 Å². The monoisotopic (exact) mass is 145 g/mol. The second kappa shape index (κ2) is 3.43. The average Bonchev–Trinajstić information content (AvgIpc) is 2.07. The lowest BCUT2D eigenvalue weighted by atomic mass is 10.2. The van der Waals surface area contributed by atoms with Crippen LogP contribution >= 0.6 is 0 Å². The lowest BCUT2D eigenvalue weighted by molar-refractivity contribution is 0.0973. The number of carbonyl (C=O) groups excluding carboxylic acids is 1. The zero-order chi connectivity index (χ0) is 8.10. The summed E-state index contributed by atoms with van der Waals surface area (Å²) < 4.78 is 0. The van der Waals surface area contributed by atoms with Gasteiger partial charge in [0.25, 0.3) is 5.91 Å². The summed E-state index contributed by atoms with van der Waals surface area (Å²) in [7, 11) is 0. The molecule has 0 bridgehead atoms. The van der Waals surface area contributed by atoms with E-state index in [-0.39, 0.29) is 5.91 Å². The van der Waals surface area contributed by atoms with E-state index in [0.717, 1.165) is 0 Å². The molecule has 0 spiro atoms. The summed E-state index contributed by atoms with van der Waals surface area (Å²) in [4.78, 5) is 11.0. The number of nitrogens with one attached hydrogen (secondary N) is 1. The van der Waals surface area contributed by atoms with Gasteiger partial charge >= 0.3 is 0 Å². The maximum Gasteiger partial charge on any atom is 0.262 e. The molecule has 1 aromatic carbocycles. The molecule has 0 saturated heterocycles. The van der Waals surface area contributed by atoms with Crippen LogP contribution < -0.4 is 5.32 Å². The van der Waals surface area contributed by atoms with Crippen LogP contribution in [0.4, 0.5) is 0 Å². The minimum atomic E-state index is -0.242. The van der Waals surface area contributed by atoms with Crippen LogP contribution in [0, 0.1) is 12.5 Å². The molecule has 0 aliphatic rings. The van der Waals surface area contributed by atoms with Crippen molar-refractivity contribution in [2.75, 3.05) is 0 Å². The predicted molar refractivity (Wildman–Crippen MR) is 42.7 cm³/mol. The normalized spacial score (nSPS) is 8.27. The minimum Gasteiger partial charge on any atom is -0.281 e. The van der Waals surface area contributed by atoms with Gasteiger partial charge in [0, 0.05) is 11.6 Å². The highest BCUT2D eigenvalue weighted by Gasteiger charge is 1.99. The fraction of sp³-hybridized carbons (Fsp3) is 0. The first kappa shape index (κ1) is 7.36. The molecule has 1 amide bonds. The maximum absolute atomic E-state index is 11.0. The Morgan fingerprint density at radius 1 is 1.36 bits per heavy atom. The van der Waals surface area contributed by atoms with Crippen molar-refractivity contribution in [2.24, 2.45) is 0 Å². The van der Waals surface area contributed by atoms with Gasteiger partial charge in [-0.2, -0.15) is 0 Å². The van der Waals surface area contributed by atoms with E-state index in [2.05, 4.69) is 11.4 Å². The molecule has 0 heterocycles. The first-order valence-electron chi connectivity index (χ1n) is 3.15. The van der Waals surface area contributed by atoms with E-state index in [1.807, 2.05) is 6.07 Å². The summed E-state index contributed by atoms with van der Waals surface area (Å²) in [6, 6.07) is 10.9. The molecule has 0 aromatic heterocycles. The molecule has 0 atom stereocenters. The molecule has 0 aliphatic heterocycles. The third-order valence-electron chi connectivity index (χ3n) is 1.22. The van der Waals surface area contributed by atoms with E-state index >= 15 is 0 Å². The molecule has 0 radical (unpaired) electrons. The first-order chi connectivity index (χ1) is 5.34. The van der Waals surface area contributed by atoms with Gasteiger partial charge in [-0.25, -0.2) is 0 Å². The summed E-state index contributed by atoms with van der Waals surface area (Å²) in [5, 5.41) is 2.25. The Morgan fingerprint density at radius 2 is 2.00 bits per heavy atom. The van der Waals surface area contributed by atoms with Gasteiger partial charge in [-0.1, -0.05) is 24.6 Å². The second-order valence-corrected chi connectivity index (χ2v) is 1.96. The van der Waals surface area contributed by atoms with Gasteiger partial charge in [0.05, 0.1) is 0 Å². The van der Waals surface area contributed by atoms with Crippen LogP contribution in [0.25, 0.3) is 0 Å². The molecule has 1 N–H and O–H groups in total. The van der Waals surface area contributed by atoms with Crippen molar-refractivity contribution in [3.05, 3.63) is 35.9 Å². The summed E-state index contributed by atoms with van der Waals surface area (Å²) in [5.74, 6) is -0.242. The quantitative estimate of drug-likeness (QED) is 0.463. The highest BCUT2D eigenvalue weighted by molar-refractivity contribution is 5.95. The molecule has 1 rings (SSSR count). The highest BCUT2D eigenvalue weighted by Crippen LogP contribution is 1.96. The van der Waals surface area contributed by atoms with E-state index in [0.29, 0.717) is 5.56 Å². The Labute approximate surface area is 65.2 Å². The lowest BCUT2D eigenvalue weighted by Crippen LogP contribution is -2.16. The van der Waals surface area contributed by atoms with Crippen LogP contribution in [0.3, 0.4) is 0 Å². The van der Waals surface area contributed by atoms with Crippen LogP contribution in [-0.4, -0.2) is 5.91 Å². The fourth-order valence-corrected chi connectivity index (χ4v) is 0.727. The average molecular weight is 145 g/mol. The summed E-state index contributed by atoms with van der Waals surface area (Å²) >= 11 is 0. The number of amides is 1. The van der Waals surface area contributed by atoms with Gasteiger partial charge in [0.15, 0.2) is 0 Å². The third-order valence-corrected chi connectivity index (χ3v) is 1.22. The first-order valence-corrected chi connectivity index (χ1v) is 3.15. The highest BCUT2D eigenvalue weighted by atomic mass is 16.1. The molecule has 2 nitrogen and oxygen atoms in total. The number of hydrogen-bond donors (Lipinski definition) is 1. The Bertz CT molecular complexity index is 284. The van der Waals surface area contributed by atoms with Gasteiger partial charge < -0.3 is 0 Å². The third kappa shape index (κ3) is 1.84. The molecular formula is C9H7NO. The largest absolute Gasteiger partial charge is 0.281 e. The van der Waals surface area contributed by atoms with Gasteiger partial charge in [0.2, 0.25) is 0 Å². The van der Waals surface area contributed by atoms with Crippen molar-refractivity contribution in [1.82, 2.24) is 5.32 Å². The molecule has 1 aromatic rings. The van der Waals surface area contributed by atoms with Crippen LogP contribution in [-0.2, 0) is 0 Å². The van der Waals surface area contributed by atoms with Crippen molar-refractivity contribution in [3.8, 4) is 12.5 Å². The van der Waals surface area contributed by atoms with Crippen LogP contribution in [0.1, 0.15) is 10.4 Å². The van der Waals surface area contributed by atoms with Crippen molar-refractivity contribution >= 4 is 5.91 Å². The van der Waals surface area contributed by atoms with Crippen molar-refractivity contribution in [3.63, 3.8) is 0 Å². The topological polar surface area (TPSA) is 29.1 Å². The number of terminal acetylenes is 1. The van der Waals surface area contributed by atoms with Crippen molar-refractivity contribution in [2.45, 2.75) is 0 Å². The standard InChI is InChI=1S/C9H7NO/c1-2-10-9(11)8-6-4-3-5-7-8/h1,3-7H,(H,10,11). The van der Waals surface area contributed by atoms with Gasteiger partial charge in [0.1, 0.15) is 0 Å². The molecule has 0 unspecified atom stereocenters. The van der Waals surface area contributed by atoms with E-state index in [1.165, 1.54) is 0 Å². The fourth-order valence-electron chi connectivity index (χ4n) is 0.727. The zero-order valence-electron chi connectivity index (χ0n) is 5.87. The van der Waals surface area contributed by atoms with E-state index in [1.54, 1.807) is 24.3 Å². The Morgan fingerprint density at radius 3 is 2.55 bits per heavy atom. The summed E-state index contributed by atoms with van der Waals surface area (Å²) in [6.45, 7) is 0. The Hall–Kier alpha value is -1.75.